The average molecular weight is 323 g/mol. The highest BCUT2D eigenvalue weighted by Crippen LogP contribution is 2.34. The van der Waals surface area contributed by atoms with Crippen molar-refractivity contribution < 1.29 is 29.3 Å². The third-order valence-corrected chi connectivity index (χ3v) is 3.83. The summed E-state index contributed by atoms with van der Waals surface area (Å²) in [6.07, 6.45) is 1.20. The summed E-state index contributed by atoms with van der Waals surface area (Å²) >= 11 is 0.748. The monoisotopic (exact) mass is 323 g/mol. The van der Waals surface area contributed by atoms with Crippen LogP contribution in [-0.2, 0) is 9.59 Å². The van der Waals surface area contributed by atoms with Gasteiger partial charge in [-0.25, -0.2) is 0 Å². The summed E-state index contributed by atoms with van der Waals surface area (Å²) in [6, 6.07) is 4.52. The van der Waals surface area contributed by atoms with Gasteiger partial charge in [-0.3, -0.25) is 19.3 Å². The first kappa shape index (κ1) is 15.9. The molecule has 0 unspecified atom stereocenters. The molecule has 0 atom stereocenters. The van der Waals surface area contributed by atoms with Gasteiger partial charge < -0.3 is 14.9 Å². The molecule has 1 aromatic rings. The lowest BCUT2D eigenvalue weighted by atomic mass is 10.2. The van der Waals surface area contributed by atoms with E-state index in [2.05, 4.69) is 0 Å². The van der Waals surface area contributed by atoms with Gasteiger partial charge in [0.05, 0.1) is 18.4 Å². The van der Waals surface area contributed by atoms with Gasteiger partial charge in [-0.05, 0) is 35.5 Å². The van der Waals surface area contributed by atoms with Crippen molar-refractivity contribution in [1.29, 1.82) is 0 Å². The lowest BCUT2D eigenvalue weighted by molar-refractivity contribution is -0.137. The largest absolute Gasteiger partial charge is 0.504 e. The Bertz CT molecular complexity index is 669. The number of carbonyl (C=O) groups excluding carboxylic acids is 2. The number of amides is 2. The van der Waals surface area contributed by atoms with Crippen LogP contribution in [0.15, 0.2) is 23.1 Å². The Morgan fingerprint density at radius 3 is 2.77 bits per heavy atom. The zero-order chi connectivity index (χ0) is 16.3. The van der Waals surface area contributed by atoms with Gasteiger partial charge in [0.25, 0.3) is 11.1 Å². The molecule has 0 spiro atoms. The smallest absolute Gasteiger partial charge is 0.305 e. The van der Waals surface area contributed by atoms with Gasteiger partial charge in [0.15, 0.2) is 11.5 Å². The van der Waals surface area contributed by atoms with E-state index in [1.165, 1.54) is 25.3 Å². The zero-order valence-electron chi connectivity index (χ0n) is 11.6. The third kappa shape index (κ3) is 3.40. The summed E-state index contributed by atoms with van der Waals surface area (Å²) in [4.78, 5) is 35.5. The molecule has 1 saturated heterocycles. The highest BCUT2D eigenvalue weighted by molar-refractivity contribution is 8.18. The van der Waals surface area contributed by atoms with Crippen LogP contribution in [0.2, 0.25) is 0 Å². The number of phenolic OH excluding ortho intramolecular Hbond substituents is 1. The third-order valence-electron chi connectivity index (χ3n) is 2.92. The Morgan fingerprint density at radius 1 is 1.41 bits per heavy atom. The molecular formula is C14H13NO6S. The molecule has 1 heterocycles. The molecule has 116 valence electrons. The first-order valence-corrected chi connectivity index (χ1v) is 7.08. The summed E-state index contributed by atoms with van der Waals surface area (Å²) in [5.74, 6) is -1.39. The molecule has 8 heteroatoms. The number of rotatable bonds is 5. The Labute approximate surface area is 130 Å². The number of hydrogen-bond donors (Lipinski definition) is 2. The fourth-order valence-corrected chi connectivity index (χ4v) is 2.70. The summed E-state index contributed by atoms with van der Waals surface area (Å²) in [7, 11) is 1.40. The van der Waals surface area contributed by atoms with Crippen LogP contribution in [-0.4, -0.2) is 45.9 Å². The number of hydrogen-bond acceptors (Lipinski definition) is 6. The van der Waals surface area contributed by atoms with Crippen molar-refractivity contribution >= 4 is 35.0 Å². The fraction of sp³-hybridized carbons (Fsp3) is 0.214. The van der Waals surface area contributed by atoms with Crippen LogP contribution in [0, 0.1) is 0 Å². The highest BCUT2D eigenvalue weighted by Gasteiger charge is 2.35. The number of phenols is 1. The number of imide groups is 1. The average Bonchev–Trinajstić information content (AvgIpc) is 2.73. The lowest BCUT2D eigenvalue weighted by Crippen LogP contribution is -2.30. The van der Waals surface area contributed by atoms with Crippen LogP contribution in [0.3, 0.4) is 0 Å². The maximum atomic E-state index is 12.1. The number of carboxylic acid groups (broad SMARTS) is 1. The van der Waals surface area contributed by atoms with Crippen LogP contribution in [0.5, 0.6) is 11.5 Å². The lowest BCUT2D eigenvalue weighted by Gasteiger charge is -2.09. The number of carboxylic acids is 1. The molecule has 2 N–H and O–H groups in total. The topological polar surface area (TPSA) is 104 Å². The molecular weight excluding hydrogens is 310 g/mol. The van der Waals surface area contributed by atoms with Gasteiger partial charge in [-0.2, -0.15) is 0 Å². The number of thioether (sulfide) groups is 1. The number of aliphatic carboxylic acids is 1. The Balaban J connectivity index is 2.21. The second-order valence-electron chi connectivity index (χ2n) is 4.41. The standard InChI is InChI=1S/C14H13NO6S/c1-21-10-6-8(2-3-9(10)16)7-11-13(19)15(14(20)22-11)5-4-12(17)18/h2-3,6-7,16H,4-5H2,1H3,(H,17,18)/b11-7-. The second kappa shape index (κ2) is 6.52. The number of carbonyl (C=O) groups is 3. The second-order valence-corrected chi connectivity index (χ2v) is 5.40. The number of ether oxygens (including phenoxy) is 1. The van der Waals surface area contributed by atoms with E-state index in [4.69, 9.17) is 9.84 Å². The van der Waals surface area contributed by atoms with Crippen molar-refractivity contribution in [2.75, 3.05) is 13.7 Å². The van der Waals surface area contributed by atoms with Gasteiger partial charge >= 0.3 is 5.97 Å². The molecule has 0 bridgehead atoms. The van der Waals surface area contributed by atoms with Crippen molar-refractivity contribution in [3.05, 3.63) is 28.7 Å². The van der Waals surface area contributed by atoms with E-state index in [9.17, 15) is 19.5 Å². The van der Waals surface area contributed by atoms with Gasteiger partial charge in [0, 0.05) is 6.54 Å². The molecule has 0 saturated carbocycles. The summed E-state index contributed by atoms with van der Waals surface area (Å²) < 4.78 is 4.97. The minimum Gasteiger partial charge on any atom is -0.504 e. The van der Waals surface area contributed by atoms with Crippen LogP contribution in [0.25, 0.3) is 6.08 Å². The SMILES string of the molecule is COc1cc(/C=C2\SC(=O)N(CCC(=O)O)C2=O)ccc1O. The van der Waals surface area contributed by atoms with E-state index < -0.39 is 17.1 Å². The molecule has 0 aliphatic carbocycles. The minimum absolute atomic E-state index is 0.0331. The summed E-state index contributed by atoms with van der Waals surface area (Å²) in [5.41, 5.74) is 0.582. The van der Waals surface area contributed by atoms with E-state index in [1.807, 2.05) is 0 Å². The maximum absolute atomic E-state index is 12.1. The predicted octanol–water partition coefficient (Wildman–Crippen LogP) is 1.91. The normalized spacial score (nSPS) is 16.4. The van der Waals surface area contributed by atoms with Gasteiger partial charge in [0.1, 0.15) is 0 Å². The zero-order valence-corrected chi connectivity index (χ0v) is 12.4. The van der Waals surface area contributed by atoms with Gasteiger partial charge in [0.2, 0.25) is 0 Å². The number of aromatic hydroxyl groups is 1. The first-order chi connectivity index (χ1) is 10.4. The number of methoxy groups -OCH3 is 1. The summed E-state index contributed by atoms with van der Waals surface area (Å²) in [6.45, 7) is -0.157. The van der Waals surface area contributed by atoms with Crippen LogP contribution in [0.1, 0.15) is 12.0 Å². The van der Waals surface area contributed by atoms with E-state index in [0.29, 0.717) is 5.56 Å². The molecule has 0 radical (unpaired) electrons. The molecule has 22 heavy (non-hydrogen) atoms. The Hall–Kier alpha value is -2.48. The maximum Gasteiger partial charge on any atom is 0.305 e. The minimum atomic E-state index is -1.08. The van der Waals surface area contributed by atoms with Crippen LogP contribution < -0.4 is 4.74 Å². The van der Waals surface area contributed by atoms with Crippen molar-refractivity contribution in [3.63, 3.8) is 0 Å². The van der Waals surface area contributed by atoms with Crippen LogP contribution >= 0.6 is 11.8 Å². The van der Waals surface area contributed by atoms with E-state index in [0.717, 1.165) is 16.7 Å². The molecule has 1 aliphatic rings. The molecule has 2 amide bonds. The molecule has 7 nitrogen and oxygen atoms in total. The van der Waals surface area contributed by atoms with Crippen molar-refractivity contribution in [1.82, 2.24) is 4.90 Å². The first-order valence-electron chi connectivity index (χ1n) is 6.26. The number of benzene rings is 1. The van der Waals surface area contributed by atoms with Crippen molar-refractivity contribution in [2.45, 2.75) is 6.42 Å². The van der Waals surface area contributed by atoms with Gasteiger partial charge in [-0.15, -0.1) is 0 Å². The van der Waals surface area contributed by atoms with Crippen LogP contribution in [0.4, 0.5) is 4.79 Å². The Kier molecular flexibility index (Phi) is 4.71. The molecule has 2 rings (SSSR count). The number of nitrogens with zero attached hydrogens (tertiary/aromatic N) is 1. The predicted molar refractivity (Wildman–Crippen MR) is 79.6 cm³/mol. The van der Waals surface area contributed by atoms with E-state index in [1.54, 1.807) is 6.07 Å². The Morgan fingerprint density at radius 2 is 2.14 bits per heavy atom. The van der Waals surface area contributed by atoms with E-state index >= 15 is 0 Å². The van der Waals surface area contributed by atoms with Crippen molar-refractivity contribution in [2.24, 2.45) is 0 Å². The highest BCUT2D eigenvalue weighted by atomic mass is 32.2. The molecule has 1 aliphatic heterocycles. The quantitative estimate of drug-likeness (QED) is 0.798. The molecule has 0 aromatic heterocycles. The molecule has 1 fully saturated rings. The van der Waals surface area contributed by atoms with Gasteiger partial charge in [-0.1, -0.05) is 6.07 Å². The van der Waals surface area contributed by atoms with E-state index in [-0.39, 0.29) is 29.4 Å². The summed E-state index contributed by atoms with van der Waals surface area (Å²) in [5, 5.41) is 17.6. The fourth-order valence-electron chi connectivity index (χ4n) is 1.84. The molecule has 1 aromatic carbocycles. The van der Waals surface area contributed by atoms with Crippen molar-refractivity contribution in [3.8, 4) is 11.5 Å².